The van der Waals surface area contributed by atoms with E-state index in [-0.39, 0.29) is 0 Å². The highest BCUT2D eigenvalue weighted by atomic mass is 16.5. The predicted octanol–water partition coefficient (Wildman–Crippen LogP) is 1.38. The van der Waals surface area contributed by atoms with Gasteiger partial charge in [-0.2, -0.15) is 0 Å². The van der Waals surface area contributed by atoms with E-state index >= 15 is 0 Å². The molecular formula is C13H21N3O. The Bertz CT molecular complexity index is 400. The SMILES string of the molecule is Cc1cc(N(C)C2CCOC2)c(CN)c(C)n1. The molecule has 1 fully saturated rings. The van der Waals surface area contributed by atoms with Crippen molar-refractivity contribution in [1.82, 2.24) is 4.98 Å². The van der Waals surface area contributed by atoms with Crippen LogP contribution in [-0.2, 0) is 11.3 Å². The van der Waals surface area contributed by atoms with Crippen LogP contribution in [0.4, 0.5) is 5.69 Å². The number of pyridine rings is 1. The van der Waals surface area contributed by atoms with Crippen LogP contribution in [0.15, 0.2) is 6.07 Å². The lowest BCUT2D eigenvalue weighted by molar-refractivity contribution is 0.193. The number of nitrogens with two attached hydrogens (primary N) is 1. The summed E-state index contributed by atoms with van der Waals surface area (Å²) in [6, 6.07) is 2.58. The summed E-state index contributed by atoms with van der Waals surface area (Å²) in [7, 11) is 2.12. The molecule has 0 spiro atoms. The van der Waals surface area contributed by atoms with Crippen molar-refractivity contribution in [3.05, 3.63) is 23.0 Å². The summed E-state index contributed by atoms with van der Waals surface area (Å²) in [6.07, 6.45) is 1.08. The summed E-state index contributed by atoms with van der Waals surface area (Å²) < 4.78 is 5.45. The minimum absolute atomic E-state index is 0.460. The van der Waals surface area contributed by atoms with Crippen molar-refractivity contribution in [2.75, 3.05) is 25.2 Å². The molecule has 1 aliphatic heterocycles. The predicted molar refractivity (Wildman–Crippen MR) is 69.2 cm³/mol. The second kappa shape index (κ2) is 5.02. The van der Waals surface area contributed by atoms with Crippen molar-refractivity contribution < 1.29 is 4.74 Å². The van der Waals surface area contributed by atoms with E-state index in [1.54, 1.807) is 0 Å². The molecule has 4 nitrogen and oxygen atoms in total. The molecule has 4 heteroatoms. The molecule has 0 radical (unpaired) electrons. The van der Waals surface area contributed by atoms with Crippen LogP contribution in [0, 0.1) is 13.8 Å². The third-order valence-corrected chi connectivity index (χ3v) is 3.47. The number of likely N-dealkylation sites (N-methyl/N-ethyl adjacent to an activating group) is 1. The molecule has 94 valence electrons. The van der Waals surface area contributed by atoms with Gasteiger partial charge in [0.1, 0.15) is 0 Å². The van der Waals surface area contributed by atoms with Crippen molar-refractivity contribution in [3.63, 3.8) is 0 Å². The Hall–Kier alpha value is -1.13. The molecule has 1 aromatic heterocycles. The minimum atomic E-state index is 0.460. The molecule has 1 unspecified atom stereocenters. The van der Waals surface area contributed by atoms with Gasteiger partial charge in [-0.3, -0.25) is 4.98 Å². The van der Waals surface area contributed by atoms with Gasteiger partial charge in [-0.05, 0) is 26.3 Å². The molecule has 0 amide bonds. The molecule has 0 bridgehead atoms. The zero-order valence-corrected chi connectivity index (χ0v) is 10.9. The zero-order chi connectivity index (χ0) is 12.4. The minimum Gasteiger partial charge on any atom is -0.379 e. The molecule has 2 heterocycles. The van der Waals surface area contributed by atoms with E-state index in [0.717, 1.165) is 36.6 Å². The van der Waals surface area contributed by atoms with Gasteiger partial charge in [0.25, 0.3) is 0 Å². The third-order valence-electron chi connectivity index (χ3n) is 3.47. The lowest BCUT2D eigenvalue weighted by atomic mass is 10.1. The molecule has 2 N–H and O–H groups in total. The molecule has 1 aliphatic rings. The summed E-state index contributed by atoms with van der Waals surface area (Å²) >= 11 is 0. The van der Waals surface area contributed by atoms with Crippen LogP contribution in [0.1, 0.15) is 23.4 Å². The fraction of sp³-hybridized carbons (Fsp3) is 0.615. The lowest BCUT2D eigenvalue weighted by Gasteiger charge is -2.28. The summed E-state index contributed by atoms with van der Waals surface area (Å²) in [5, 5.41) is 0. The molecule has 17 heavy (non-hydrogen) atoms. The molecule has 0 saturated carbocycles. The van der Waals surface area contributed by atoms with Gasteiger partial charge < -0.3 is 15.4 Å². The van der Waals surface area contributed by atoms with Crippen molar-refractivity contribution in [2.24, 2.45) is 5.73 Å². The highest BCUT2D eigenvalue weighted by molar-refractivity contribution is 5.56. The average molecular weight is 235 g/mol. The first kappa shape index (κ1) is 12.3. The first-order valence-electron chi connectivity index (χ1n) is 6.11. The first-order chi connectivity index (χ1) is 8.13. The molecule has 1 atom stereocenters. The summed E-state index contributed by atoms with van der Waals surface area (Å²) in [5.74, 6) is 0. The second-order valence-electron chi connectivity index (χ2n) is 4.68. The molecular weight excluding hydrogens is 214 g/mol. The molecule has 1 aromatic rings. The van der Waals surface area contributed by atoms with E-state index in [1.807, 2.05) is 13.8 Å². The Morgan fingerprint density at radius 1 is 1.53 bits per heavy atom. The lowest BCUT2D eigenvalue weighted by Crippen LogP contribution is -2.33. The number of hydrogen-bond acceptors (Lipinski definition) is 4. The molecule has 2 rings (SSSR count). The van der Waals surface area contributed by atoms with Crippen LogP contribution in [0.3, 0.4) is 0 Å². The maximum absolute atomic E-state index is 5.84. The van der Waals surface area contributed by atoms with Crippen LogP contribution in [0.2, 0.25) is 0 Å². The van der Waals surface area contributed by atoms with E-state index in [0.29, 0.717) is 12.6 Å². The average Bonchev–Trinajstić information content (AvgIpc) is 2.80. The van der Waals surface area contributed by atoms with Gasteiger partial charge in [0.15, 0.2) is 0 Å². The number of rotatable bonds is 3. The third kappa shape index (κ3) is 2.42. The molecule has 1 saturated heterocycles. The Morgan fingerprint density at radius 3 is 2.88 bits per heavy atom. The quantitative estimate of drug-likeness (QED) is 0.860. The standard InChI is InChI=1S/C13H21N3O/c1-9-6-13(12(7-14)10(2)15-9)16(3)11-4-5-17-8-11/h6,11H,4-5,7-8,14H2,1-3H3. The molecule has 0 aromatic carbocycles. The van der Waals surface area contributed by atoms with Gasteiger partial charge in [-0.15, -0.1) is 0 Å². The monoisotopic (exact) mass is 235 g/mol. The van der Waals surface area contributed by atoms with Crippen molar-refractivity contribution in [2.45, 2.75) is 32.9 Å². The normalized spacial score (nSPS) is 19.6. The number of aromatic nitrogens is 1. The number of aryl methyl sites for hydroxylation is 2. The van der Waals surface area contributed by atoms with E-state index in [2.05, 4.69) is 23.0 Å². The van der Waals surface area contributed by atoms with Crippen LogP contribution in [0.5, 0.6) is 0 Å². The Labute approximate surface area is 103 Å². The topological polar surface area (TPSA) is 51.4 Å². The van der Waals surface area contributed by atoms with Crippen LogP contribution in [-0.4, -0.2) is 31.3 Å². The van der Waals surface area contributed by atoms with E-state index in [1.165, 1.54) is 5.69 Å². The first-order valence-corrected chi connectivity index (χ1v) is 6.11. The van der Waals surface area contributed by atoms with Gasteiger partial charge in [-0.25, -0.2) is 0 Å². The van der Waals surface area contributed by atoms with Crippen LogP contribution >= 0.6 is 0 Å². The second-order valence-corrected chi connectivity index (χ2v) is 4.68. The Kier molecular flexibility index (Phi) is 3.64. The van der Waals surface area contributed by atoms with Crippen molar-refractivity contribution in [3.8, 4) is 0 Å². The van der Waals surface area contributed by atoms with Gasteiger partial charge in [0, 0.05) is 42.8 Å². The van der Waals surface area contributed by atoms with Gasteiger partial charge in [0.05, 0.1) is 12.6 Å². The maximum Gasteiger partial charge on any atom is 0.0670 e. The van der Waals surface area contributed by atoms with Gasteiger partial charge in [-0.1, -0.05) is 0 Å². The summed E-state index contributed by atoms with van der Waals surface area (Å²) in [6.45, 7) is 6.25. The smallest absolute Gasteiger partial charge is 0.0670 e. The van der Waals surface area contributed by atoms with E-state index in [9.17, 15) is 0 Å². The highest BCUT2D eigenvalue weighted by Crippen LogP contribution is 2.26. The fourth-order valence-corrected chi connectivity index (χ4v) is 2.43. The summed E-state index contributed by atoms with van der Waals surface area (Å²) in [4.78, 5) is 6.76. The van der Waals surface area contributed by atoms with Crippen LogP contribution in [0.25, 0.3) is 0 Å². The van der Waals surface area contributed by atoms with Gasteiger partial charge in [0.2, 0.25) is 0 Å². The Morgan fingerprint density at radius 2 is 2.29 bits per heavy atom. The van der Waals surface area contributed by atoms with Crippen molar-refractivity contribution >= 4 is 5.69 Å². The maximum atomic E-state index is 5.84. The largest absolute Gasteiger partial charge is 0.379 e. The highest BCUT2D eigenvalue weighted by Gasteiger charge is 2.23. The fourth-order valence-electron chi connectivity index (χ4n) is 2.43. The van der Waals surface area contributed by atoms with Crippen LogP contribution < -0.4 is 10.6 Å². The van der Waals surface area contributed by atoms with Crippen molar-refractivity contribution in [1.29, 1.82) is 0 Å². The molecule has 0 aliphatic carbocycles. The summed E-state index contributed by atoms with van der Waals surface area (Å²) in [5.41, 5.74) is 10.3. The zero-order valence-electron chi connectivity index (χ0n) is 10.9. The number of anilines is 1. The Balaban J connectivity index is 2.35. The van der Waals surface area contributed by atoms with Gasteiger partial charge >= 0.3 is 0 Å². The number of hydrogen-bond donors (Lipinski definition) is 1. The van der Waals surface area contributed by atoms with E-state index < -0.39 is 0 Å². The number of nitrogens with zero attached hydrogens (tertiary/aromatic N) is 2. The number of ether oxygens (including phenoxy) is 1. The van der Waals surface area contributed by atoms with E-state index in [4.69, 9.17) is 10.5 Å².